The van der Waals surface area contributed by atoms with Gasteiger partial charge in [-0.1, -0.05) is 6.07 Å². The molecule has 122 valence electrons. The Morgan fingerprint density at radius 1 is 1.18 bits per heavy atom. The number of aliphatic hydroxyl groups excluding tert-OH is 1. The van der Waals surface area contributed by atoms with Gasteiger partial charge in [-0.25, -0.2) is 0 Å². The molecule has 1 aromatic heterocycles. The van der Waals surface area contributed by atoms with Crippen LogP contribution in [-0.2, 0) is 11.2 Å². The Morgan fingerprint density at radius 2 is 2.00 bits per heavy atom. The number of nitrogens with zero attached hydrogens (tertiary/aromatic N) is 1. The highest BCUT2D eigenvalue weighted by atomic mass is 35.5. The van der Waals surface area contributed by atoms with Gasteiger partial charge in [-0.2, -0.15) is 0 Å². The molecule has 0 radical (unpaired) electrons. The average Bonchev–Trinajstić information content (AvgIpc) is 2.96. The summed E-state index contributed by atoms with van der Waals surface area (Å²) in [5.41, 5.74) is 2.22. The predicted octanol–water partition coefficient (Wildman–Crippen LogP) is 2.87. The minimum absolute atomic E-state index is 0. The molecule has 0 atom stereocenters. The van der Waals surface area contributed by atoms with Crippen LogP contribution >= 0.6 is 12.4 Å². The van der Waals surface area contributed by atoms with Crippen molar-refractivity contribution in [3.05, 3.63) is 36.1 Å². The topological polar surface area (TPSA) is 45.8 Å². The van der Waals surface area contributed by atoms with Crippen LogP contribution in [0.25, 0.3) is 11.0 Å². The molecule has 4 nitrogen and oxygen atoms in total. The molecule has 0 bridgehead atoms. The first-order valence-corrected chi connectivity index (χ1v) is 7.75. The number of rotatable bonds is 6. The zero-order valence-electron chi connectivity index (χ0n) is 12.7. The number of halogens is 1. The molecule has 3 rings (SSSR count). The molecule has 5 heteroatoms. The second-order valence-corrected chi connectivity index (χ2v) is 5.73. The summed E-state index contributed by atoms with van der Waals surface area (Å²) in [4.78, 5) is 2.37. The molecule has 0 spiro atoms. The van der Waals surface area contributed by atoms with E-state index in [1.807, 2.05) is 12.1 Å². The van der Waals surface area contributed by atoms with Crippen molar-refractivity contribution in [2.24, 2.45) is 0 Å². The van der Waals surface area contributed by atoms with E-state index in [2.05, 4.69) is 17.0 Å². The van der Waals surface area contributed by atoms with Crippen molar-refractivity contribution in [1.29, 1.82) is 0 Å². The molecule has 0 aliphatic carbocycles. The Kier molecular flexibility index (Phi) is 6.70. The number of piperidine rings is 1. The van der Waals surface area contributed by atoms with E-state index in [0.29, 0.717) is 0 Å². The molecule has 1 aliphatic heterocycles. The number of hydrogen-bond acceptors (Lipinski definition) is 4. The fourth-order valence-electron chi connectivity index (χ4n) is 2.80. The Bertz CT molecular complexity index is 564. The number of ether oxygens (including phenoxy) is 1. The van der Waals surface area contributed by atoms with Crippen LogP contribution in [0.2, 0.25) is 0 Å². The van der Waals surface area contributed by atoms with Crippen molar-refractivity contribution in [3.8, 4) is 0 Å². The Hall–Kier alpha value is -1.07. The lowest BCUT2D eigenvalue weighted by Gasteiger charge is -2.29. The maximum atomic E-state index is 9.46. The monoisotopic (exact) mass is 325 g/mol. The van der Waals surface area contributed by atoms with Crippen LogP contribution in [0.4, 0.5) is 0 Å². The summed E-state index contributed by atoms with van der Waals surface area (Å²) in [7, 11) is 0. The van der Waals surface area contributed by atoms with Gasteiger partial charge in [0.15, 0.2) is 0 Å². The van der Waals surface area contributed by atoms with E-state index in [0.717, 1.165) is 63.1 Å². The molecule has 1 aromatic carbocycles. The number of fused-ring (bicyclic) bond motifs is 1. The van der Waals surface area contributed by atoms with Crippen molar-refractivity contribution in [2.45, 2.75) is 25.4 Å². The molecule has 0 unspecified atom stereocenters. The minimum Gasteiger partial charge on any atom is -0.464 e. The number of benzene rings is 1. The third-order valence-corrected chi connectivity index (χ3v) is 4.16. The van der Waals surface area contributed by atoms with Gasteiger partial charge in [0.2, 0.25) is 0 Å². The van der Waals surface area contributed by atoms with Crippen molar-refractivity contribution in [2.75, 3.05) is 32.8 Å². The van der Waals surface area contributed by atoms with Crippen LogP contribution in [0.15, 0.2) is 34.9 Å². The maximum Gasteiger partial charge on any atom is 0.133 e. The van der Waals surface area contributed by atoms with Crippen molar-refractivity contribution >= 4 is 23.4 Å². The lowest BCUT2D eigenvalue weighted by molar-refractivity contribution is 0.0564. The van der Waals surface area contributed by atoms with Gasteiger partial charge < -0.3 is 19.2 Å². The van der Waals surface area contributed by atoms with Gasteiger partial charge in [-0.15, -0.1) is 12.4 Å². The van der Waals surface area contributed by atoms with Crippen LogP contribution in [0.5, 0.6) is 0 Å². The third kappa shape index (κ3) is 4.71. The second-order valence-electron chi connectivity index (χ2n) is 5.73. The summed E-state index contributed by atoms with van der Waals surface area (Å²) in [6, 6.07) is 8.27. The average molecular weight is 326 g/mol. The highest BCUT2D eigenvalue weighted by molar-refractivity contribution is 5.85. The second kappa shape index (κ2) is 8.53. The summed E-state index contributed by atoms with van der Waals surface area (Å²) in [5, 5.41) is 10.6. The first kappa shape index (κ1) is 17.3. The van der Waals surface area contributed by atoms with Gasteiger partial charge in [0.25, 0.3) is 0 Å². The molecule has 1 N–H and O–H groups in total. The molecule has 22 heavy (non-hydrogen) atoms. The van der Waals surface area contributed by atoms with Gasteiger partial charge in [0.05, 0.1) is 25.6 Å². The van der Waals surface area contributed by atoms with Gasteiger partial charge in [-0.3, -0.25) is 0 Å². The van der Waals surface area contributed by atoms with E-state index in [1.54, 1.807) is 6.26 Å². The smallest absolute Gasteiger partial charge is 0.133 e. The largest absolute Gasteiger partial charge is 0.464 e. The van der Waals surface area contributed by atoms with Crippen LogP contribution in [0.3, 0.4) is 0 Å². The highest BCUT2D eigenvalue weighted by Crippen LogP contribution is 2.17. The van der Waals surface area contributed by atoms with E-state index in [1.165, 1.54) is 5.56 Å². The summed E-state index contributed by atoms with van der Waals surface area (Å²) in [6.07, 6.45) is 4.34. The zero-order chi connectivity index (χ0) is 14.5. The molecular weight excluding hydrogens is 302 g/mol. The molecule has 1 aliphatic rings. The highest BCUT2D eigenvalue weighted by Gasteiger charge is 2.16. The molecule has 1 saturated heterocycles. The summed E-state index contributed by atoms with van der Waals surface area (Å²) in [6.45, 7) is 4.46. The van der Waals surface area contributed by atoms with Gasteiger partial charge in [-0.05, 0) is 43.0 Å². The van der Waals surface area contributed by atoms with E-state index in [-0.39, 0.29) is 18.5 Å². The number of hydrogen-bond donors (Lipinski definition) is 1. The quantitative estimate of drug-likeness (QED) is 0.830. The SMILES string of the molecule is Cl.OC1CCN(CCOCCc2ccc3occc3c2)CC1. The third-order valence-electron chi connectivity index (χ3n) is 4.16. The standard InChI is InChI=1S/C17H23NO3.ClH/c19-16-3-7-18(8-4-16)9-12-20-10-5-14-1-2-17-15(13-14)6-11-21-17;/h1-2,6,11,13,16,19H,3-5,7-10,12H2;1H. The number of furan rings is 1. The number of likely N-dealkylation sites (tertiary alicyclic amines) is 1. The fourth-order valence-corrected chi connectivity index (χ4v) is 2.80. The van der Waals surface area contributed by atoms with Gasteiger partial charge in [0, 0.05) is 25.0 Å². The van der Waals surface area contributed by atoms with Crippen molar-refractivity contribution in [1.82, 2.24) is 4.90 Å². The van der Waals surface area contributed by atoms with E-state index < -0.39 is 0 Å². The van der Waals surface area contributed by atoms with Crippen LogP contribution in [0.1, 0.15) is 18.4 Å². The number of aliphatic hydroxyl groups is 1. The molecular formula is C17H24ClNO3. The normalized spacial score (nSPS) is 16.8. The van der Waals surface area contributed by atoms with E-state index in [4.69, 9.17) is 9.15 Å². The Labute approximate surface area is 137 Å². The molecule has 0 saturated carbocycles. The van der Waals surface area contributed by atoms with Crippen molar-refractivity contribution < 1.29 is 14.3 Å². The van der Waals surface area contributed by atoms with Gasteiger partial charge in [0.1, 0.15) is 5.58 Å². The van der Waals surface area contributed by atoms with E-state index >= 15 is 0 Å². The fraction of sp³-hybridized carbons (Fsp3) is 0.529. The lowest BCUT2D eigenvalue weighted by Crippen LogP contribution is -2.37. The van der Waals surface area contributed by atoms with Gasteiger partial charge >= 0.3 is 0 Å². The maximum absolute atomic E-state index is 9.46. The summed E-state index contributed by atoms with van der Waals surface area (Å²) < 4.78 is 11.1. The van der Waals surface area contributed by atoms with Crippen LogP contribution < -0.4 is 0 Å². The van der Waals surface area contributed by atoms with E-state index in [9.17, 15) is 5.11 Å². The molecule has 0 amide bonds. The minimum atomic E-state index is -0.0972. The molecule has 2 heterocycles. The lowest BCUT2D eigenvalue weighted by atomic mass is 10.1. The summed E-state index contributed by atoms with van der Waals surface area (Å²) >= 11 is 0. The first-order valence-electron chi connectivity index (χ1n) is 7.75. The zero-order valence-corrected chi connectivity index (χ0v) is 13.6. The Balaban J connectivity index is 0.00000176. The Morgan fingerprint density at radius 3 is 2.82 bits per heavy atom. The van der Waals surface area contributed by atoms with Crippen LogP contribution in [-0.4, -0.2) is 49.0 Å². The summed E-state index contributed by atoms with van der Waals surface area (Å²) in [5.74, 6) is 0. The van der Waals surface area contributed by atoms with Crippen LogP contribution in [0, 0.1) is 0 Å². The predicted molar refractivity (Wildman–Crippen MR) is 89.7 cm³/mol. The molecule has 2 aromatic rings. The first-order chi connectivity index (χ1) is 10.3. The van der Waals surface area contributed by atoms with Crippen molar-refractivity contribution in [3.63, 3.8) is 0 Å². The molecule has 1 fully saturated rings.